The number of rotatable bonds is 8. The Hall–Kier alpha value is -3.17. The van der Waals surface area contributed by atoms with Gasteiger partial charge in [-0.1, -0.05) is 63.6 Å². The molecule has 45 atom stereocenters. The first-order valence-electron chi connectivity index (χ1n) is 39.8. The number of aliphatic hydroxyl groups excluding tert-OH is 22. The normalized spacial score (nSPS) is 52.8. The zero-order valence-electron chi connectivity index (χ0n) is 65.2. The van der Waals surface area contributed by atoms with Crippen LogP contribution in [-0.2, 0) is 90.1 Å². The molecule has 24 saturated heterocycles. The van der Waals surface area contributed by atoms with Gasteiger partial charge in [0.2, 0.25) is 0 Å². The van der Waals surface area contributed by atoms with Crippen LogP contribution in [0.1, 0.15) is 80.1 Å². The van der Waals surface area contributed by atoms with Gasteiger partial charge in [-0.2, -0.15) is 0 Å². The van der Waals surface area contributed by atoms with E-state index in [0.29, 0.717) is 35.8 Å². The summed E-state index contributed by atoms with van der Waals surface area (Å²) in [5.74, 6) is -1.22. The molecular formula is C75H118O42. The summed E-state index contributed by atoms with van der Waals surface area (Å²) >= 11 is 0. The van der Waals surface area contributed by atoms with Crippen molar-refractivity contribution in [1.82, 2.24) is 0 Å². The number of carbonyl (C=O) groups excluding carboxylic acids is 1. The summed E-state index contributed by atoms with van der Waals surface area (Å²) in [6, 6.07) is 0. The SMILES string of the molecule is CC1=C[C@H]2C(=O)O[C@H]3C[C@@H](C/C=C(\C)C[C@@H](C)/C=C/C=C4\CO[C@H]([C@@H]1O)[C@@]42O)O[C@@]1(CC[C@H](C)[C@@H](C(C)C)O1)C3.OC[C@H]1O[C@@H]2O[C@H]3[C@H](O)[C@@H](O)[C@@H](O[C@H]4[C@H](O)[C@@H](O)[C@@H](O[C@H]5[C@H](O)[C@@H](O)[C@@H](O[C@H]6[C@H](O)[C@@H](O)[C@@H](O[C@H]7[C@H](O)[C@@H](O)[C@@H](O[C@H]8[C@H](O)[C@@H](O)[C@@H](O[C@H]1[C@H](O)[C@H]2O)O[C@@H]8CO)O[C@@H]7CO)O[C@@H]6CO)O[C@@H]5CO)O[C@@H]4CO)O[C@@H]3CO. The number of carbonyl (C=O) groups is 1. The van der Waals surface area contributed by atoms with Gasteiger partial charge in [-0.3, -0.25) is 4.79 Å². The number of fused-ring (bicyclic) bond motifs is 2. The molecule has 26 aliphatic rings. The molecule has 0 aromatic carbocycles. The highest BCUT2D eigenvalue weighted by molar-refractivity contribution is 5.78. The number of hydrogen-bond donors (Lipinski definition) is 23. The first kappa shape index (κ1) is 93.0. The molecule has 26 rings (SSSR count). The summed E-state index contributed by atoms with van der Waals surface area (Å²) in [4.78, 5) is 13.9. The van der Waals surface area contributed by atoms with Crippen LogP contribution in [0.25, 0.3) is 0 Å². The molecule has 42 nitrogen and oxygen atoms in total. The maximum atomic E-state index is 13.9. The molecule has 1 aliphatic carbocycles. The van der Waals surface area contributed by atoms with Gasteiger partial charge in [0.25, 0.3) is 0 Å². The van der Waals surface area contributed by atoms with Crippen molar-refractivity contribution < 1.29 is 208 Å². The van der Waals surface area contributed by atoms with E-state index in [0.717, 1.165) is 25.7 Å². The lowest BCUT2D eigenvalue weighted by atomic mass is 9.71. The Morgan fingerprint density at radius 2 is 0.786 bits per heavy atom. The van der Waals surface area contributed by atoms with Gasteiger partial charge in [0, 0.05) is 19.3 Å². The van der Waals surface area contributed by atoms with Crippen LogP contribution in [0.3, 0.4) is 0 Å². The van der Waals surface area contributed by atoms with E-state index in [9.17, 15) is 122 Å². The first-order chi connectivity index (χ1) is 55.6. The van der Waals surface area contributed by atoms with Crippen molar-refractivity contribution in [2.24, 2.45) is 23.7 Å². The highest BCUT2D eigenvalue weighted by Gasteiger charge is 2.63. The Morgan fingerprint density at radius 3 is 1.10 bits per heavy atom. The Bertz CT molecular complexity index is 2970. The predicted molar refractivity (Wildman–Crippen MR) is 381 cm³/mol. The van der Waals surface area contributed by atoms with Crippen molar-refractivity contribution in [2.75, 3.05) is 52.9 Å². The van der Waals surface area contributed by atoms with E-state index in [-0.39, 0.29) is 24.7 Å². The highest BCUT2D eigenvalue weighted by Crippen LogP contribution is 2.49. The lowest BCUT2D eigenvalue weighted by molar-refractivity contribution is -0.396. The Kier molecular flexibility index (Phi) is 31.1. The molecule has 0 aromatic rings. The molecule has 42 heteroatoms. The van der Waals surface area contributed by atoms with Crippen molar-refractivity contribution in [1.29, 1.82) is 0 Å². The fourth-order valence-corrected chi connectivity index (χ4v) is 17.9. The van der Waals surface area contributed by atoms with Crippen LogP contribution in [0.2, 0.25) is 0 Å². The van der Waals surface area contributed by atoms with Crippen molar-refractivity contribution in [3.8, 4) is 0 Å². The van der Waals surface area contributed by atoms with Gasteiger partial charge < -0.3 is 203 Å². The van der Waals surface area contributed by atoms with Crippen LogP contribution in [-0.4, -0.2) is 433 Å². The molecule has 117 heavy (non-hydrogen) atoms. The summed E-state index contributed by atoms with van der Waals surface area (Å²) in [6.07, 6.45) is -58.5. The molecule has 16 bridgehead atoms. The second kappa shape index (κ2) is 39.2. The van der Waals surface area contributed by atoms with Crippen LogP contribution in [0, 0.1) is 23.7 Å². The first-order valence-corrected chi connectivity index (χ1v) is 39.8. The average Bonchev–Trinajstić information content (AvgIpc) is 1.58. The fraction of sp³-hybridized carbons (Fsp3) is 0.880. The molecule has 0 radical (unpaired) electrons. The van der Waals surface area contributed by atoms with Crippen LogP contribution < -0.4 is 0 Å². The van der Waals surface area contributed by atoms with Gasteiger partial charge in [-0.15, -0.1) is 0 Å². The molecule has 25 aliphatic heterocycles. The van der Waals surface area contributed by atoms with Gasteiger partial charge >= 0.3 is 5.97 Å². The van der Waals surface area contributed by atoms with E-state index >= 15 is 0 Å². The van der Waals surface area contributed by atoms with Crippen molar-refractivity contribution in [3.63, 3.8) is 0 Å². The Labute approximate surface area is 671 Å². The third-order valence-electron chi connectivity index (χ3n) is 24.4. The van der Waals surface area contributed by atoms with E-state index in [2.05, 4.69) is 46.8 Å². The standard InChI is InChI=1S/C42H70O35.C33H48O7/c43-1-8-29-15(50)22(57)36(64-8)72-30-9(2-44)66-38(24(59)17(30)52)74-32-11(4-46)68-40(26(61)19(32)54)76-34-13(6-48)70-42(28(63)21(34)56)77-35-14(7-49)69-41(27(62)20(35)55)75-33-12(5-47)67-39(25(60)18(33)53)73-31-10(3-45)65-37(71-29)23(58)16(31)51;1-19(2)29-22(5)12-13-32(40-29)17-26-16-25(39-32)11-10-21(4)14-20(3)8-7-9-24-18-37-30-28(34)23(6)15-27(31(35)38-26)33(24,30)36/h8-63H,1-7H2;7-10,15,19-20,22,25-30,34,36H,11-14,16-18H2,1-6H3/b;8-7+,21-10+,24-9+/t8-,9-,10-,11-,12-,13-,14-,15-,16-,17-,18-,19-,20-,21-,22-,23-,24-,25-,26-,27-,28-,29-,30-,31-,32-,33-,34-,35-,36-,37-,38-,39-,40-,41-,42-;20-,22-,25+,26-,27-,28+,29+,30+,32+,33+/m10/s1. The molecule has 1 spiro atoms. The van der Waals surface area contributed by atoms with Crippen molar-refractivity contribution in [2.45, 2.75) is 337 Å². The van der Waals surface area contributed by atoms with E-state index in [1.54, 1.807) is 13.0 Å². The zero-order valence-corrected chi connectivity index (χ0v) is 65.2. The van der Waals surface area contributed by atoms with E-state index in [1.165, 1.54) is 5.57 Å². The molecule has 0 aromatic heterocycles. The summed E-state index contributed by atoms with van der Waals surface area (Å²) in [5, 5.41) is 253. The minimum Gasteiger partial charge on any atom is -0.462 e. The minimum atomic E-state index is -2.21. The van der Waals surface area contributed by atoms with Crippen molar-refractivity contribution >= 4 is 5.97 Å². The van der Waals surface area contributed by atoms with Gasteiger partial charge in [0.15, 0.2) is 49.8 Å². The fourth-order valence-electron chi connectivity index (χ4n) is 17.9. The molecule has 23 N–H and O–H groups in total. The number of allylic oxidation sites excluding steroid dienone is 4. The monoisotopic (exact) mass is 1690 g/mol. The summed E-state index contributed by atoms with van der Waals surface area (Å²) < 4.78 is 105. The third-order valence-corrected chi connectivity index (χ3v) is 24.4. The molecule has 670 valence electrons. The van der Waals surface area contributed by atoms with E-state index < -0.39 is 303 Å². The van der Waals surface area contributed by atoms with E-state index in [1.807, 2.05) is 12.2 Å². The number of esters is 1. The van der Waals surface area contributed by atoms with Crippen molar-refractivity contribution in [3.05, 3.63) is 47.1 Å². The topological polar surface area (TPSA) is 649 Å². The molecule has 0 saturated carbocycles. The maximum Gasteiger partial charge on any atom is 0.316 e. The van der Waals surface area contributed by atoms with Gasteiger partial charge in [0.1, 0.15) is 201 Å². The second-order valence-corrected chi connectivity index (χ2v) is 33.1. The molecule has 0 unspecified atom stereocenters. The van der Waals surface area contributed by atoms with Crippen LogP contribution in [0.4, 0.5) is 0 Å². The molecule has 0 amide bonds. The average molecular weight is 1690 g/mol. The Morgan fingerprint density at radius 1 is 0.453 bits per heavy atom. The smallest absolute Gasteiger partial charge is 0.316 e. The van der Waals surface area contributed by atoms with Gasteiger partial charge in [-0.25, -0.2) is 0 Å². The van der Waals surface area contributed by atoms with Gasteiger partial charge in [-0.05, 0) is 62.0 Å². The predicted octanol–water partition coefficient (Wildman–Crippen LogP) is -10.1. The second-order valence-electron chi connectivity index (χ2n) is 33.1. The molecular weight excluding hydrogens is 1570 g/mol. The van der Waals surface area contributed by atoms with Crippen LogP contribution in [0.15, 0.2) is 47.1 Å². The highest BCUT2D eigenvalue weighted by atomic mass is 16.8. The number of hydrogen-bond acceptors (Lipinski definition) is 42. The molecule has 24 fully saturated rings. The number of aliphatic hydroxyl groups is 23. The third kappa shape index (κ3) is 19.0. The van der Waals surface area contributed by atoms with E-state index in [4.69, 9.17) is 85.3 Å². The summed E-state index contributed by atoms with van der Waals surface area (Å²) in [5.41, 5.74) is 0.780. The van der Waals surface area contributed by atoms with Crippen LogP contribution >= 0.6 is 0 Å². The zero-order chi connectivity index (χ0) is 84.9. The molecule has 25 heterocycles. The summed E-state index contributed by atoms with van der Waals surface area (Å²) in [7, 11) is 0. The van der Waals surface area contributed by atoms with Crippen LogP contribution in [0.5, 0.6) is 0 Å². The largest absolute Gasteiger partial charge is 0.462 e. The Balaban J connectivity index is 0.000000263. The lowest BCUT2D eigenvalue weighted by Crippen LogP contribution is -2.68. The minimum absolute atomic E-state index is 0.0712. The number of ether oxygens (including phenoxy) is 18. The lowest BCUT2D eigenvalue weighted by Gasteiger charge is -2.50. The quantitative estimate of drug-likeness (QED) is 0.0793. The summed E-state index contributed by atoms with van der Waals surface area (Å²) in [6.45, 7) is 5.50. The van der Waals surface area contributed by atoms with Gasteiger partial charge in [0.05, 0.1) is 65.1 Å². The maximum absolute atomic E-state index is 13.9.